The van der Waals surface area contributed by atoms with E-state index in [0.717, 1.165) is 26.6 Å². The molecule has 1 amide bonds. The molecule has 1 N–H and O–H groups in total. The van der Waals surface area contributed by atoms with Crippen LogP contribution in [0.3, 0.4) is 0 Å². The lowest BCUT2D eigenvalue weighted by atomic mass is 10.1. The predicted molar refractivity (Wildman–Crippen MR) is 131 cm³/mol. The van der Waals surface area contributed by atoms with Gasteiger partial charge in [0.25, 0.3) is 10.0 Å². The smallest absolute Gasteiger partial charge is 0.268 e. The zero-order valence-electron chi connectivity index (χ0n) is 19.6. The maximum absolute atomic E-state index is 13.8. The number of amides is 1. The molecule has 0 radical (unpaired) electrons. The van der Waals surface area contributed by atoms with Crippen molar-refractivity contribution in [1.29, 1.82) is 0 Å². The summed E-state index contributed by atoms with van der Waals surface area (Å²) in [5.41, 5.74) is 3.95. The average molecular weight is 467 g/mol. The summed E-state index contributed by atoms with van der Waals surface area (Å²) in [7, 11) is -2.67. The molecule has 0 aliphatic rings. The van der Waals surface area contributed by atoms with Crippen LogP contribution in [0.1, 0.15) is 35.2 Å². The normalized spacial score (nSPS) is 12.2. The maximum Gasteiger partial charge on any atom is 0.268 e. The van der Waals surface area contributed by atoms with Crippen LogP contribution in [0.25, 0.3) is 0 Å². The first kappa shape index (κ1) is 24.3. The molecule has 7 heteroatoms. The Bertz CT molecular complexity index is 1220. The molecule has 0 bridgehead atoms. The van der Waals surface area contributed by atoms with E-state index in [1.165, 1.54) is 7.11 Å². The second kappa shape index (κ2) is 10.1. The molecule has 0 fully saturated rings. The quantitative estimate of drug-likeness (QED) is 0.522. The second-order valence-corrected chi connectivity index (χ2v) is 10.0. The number of carbonyl (C=O) groups excluding carboxylic acids is 1. The fraction of sp³-hybridized carbons (Fsp3) is 0.269. The van der Waals surface area contributed by atoms with Gasteiger partial charge < -0.3 is 10.1 Å². The summed E-state index contributed by atoms with van der Waals surface area (Å²) in [5, 5.41) is 2.91. The van der Waals surface area contributed by atoms with Gasteiger partial charge >= 0.3 is 0 Å². The van der Waals surface area contributed by atoms with Crippen LogP contribution in [0.4, 0.5) is 5.69 Å². The summed E-state index contributed by atoms with van der Waals surface area (Å²) in [6, 6.07) is 19.7. The largest absolute Gasteiger partial charge is 0.495 e. The summed E-state index contributed by atoms with van der Waals surface area (Å²) >= 11 is 0. The lowest BCUT2D eigenvalue weighted by Crippen LogP contribution is -2.41. The predicted octanol–water partition coefficient (Wildman–Crippen LogP) is 4.69. The van der Waals surface area contributed by atoms with Gasteiger partial charge in [-0.3, -0.25) is 9.10 Å². The Labute approximate surface area is 196 Å². The summed E-state index contributed by atoms with van der Waals surface area (Å²) in [6.45, 7) is 7.11. The van der Waals surface area contributed by atoms with Gasteiger partial charge in [-0.25, -0.2) is 8.42 Å². The molecule has 0 saturated heterocycles. The third-order valence-corrected chi connectivity index (χ3v) is 7.14. The highest BCUT2D eigenvalue weighted by atomic mass is 32.2. The lowest BCUT2D eigenvalue weighted by Gasteiger charge is -2.26. The zero-order chi connectivity index (χ0) is 24.2. The monoisotopic (exact) mass is 466 g/mol. The Kier molecular flexibility index (Phi) is 7.43. The highest BCUT2D eigenvalue weighted by molar-refractivity contribution is 7.93. The van der Waals surface area contributed by atoms with Gasteiger partial charge in [0.2, 0.25) is 5.91 Å². The van der Waals surface area contributed by atoms with Crippen molar-refractivity contribution in [2.75, 3.05) is 18.0 Å². The van der Waals surface area contributed by atoms with Crippen molar-refractivity contribution in [3.63, 3.8) is 0 Å². The van der Waals surface area contributed by atoms with Crippen molar-refractivity contribution < 1.29 is 17.9 Å². The number of anilines is 1. The van der Waals surface area contributed by atoms with E-state index in [0.29, 0.717) is 5.69 Å². The van der Waals surface area contributed by atoms with Gasteiger partial charge in [0.15, 0.2) is 0 Å². The fourth-order valence-corrected chi connectivity index (χ4v) is 5.40. The number of carbonyl (C=O) groups is 1. The van der Waals surface area contributed by atoms with Crippen molar-refractivity contribution in [3.8, 4) is 5.75 Å². The minimum atomic E-state index is -4.10. The SMILES string of the molecule is COc1ccc(C)cc1S(=O)(=O)N(CC(=O)N[C@@H](C)c1ccccc1)c1cc(C)cc(C)c1. The van der Waals surface area contributed by atoms with Gasteiger partial charge in [0, 0.05) is 0 Å². The number of hydrogen-bond acceptors (Lipinski definition) is 4. The number of nitrogens with zero attached hydrogens (tertiary/aromatic N) is 1. The van der Waals surface area contributed by atoms with E-state index in [4.69, 9.17) is 4.74 Å². The highest BCUT2D eigenvalue weighted by Gasteiger charge is 2.31. The number of nitrogens with one attached hydrogen (secondary N) is 1. The molecular weight excluding hydrogens is 436 g/mol. The number of benzene rings is 3. The number of aryl methyl sites for hydroxylation is 3. The second-order valence-electron chi connectivity index (χ2n) is 8.21. The van der Waals surface area contributed by atoms with Crippen molar-refractivity contribution in [2.24, 2.45) is 0 Å². The number of rotatable bonds is 8. The number of ether oxygens (including phenoxy) is 1. The average Bonchev–Trinajstić information content (AvgIpc) is 2.77. The molecule has 0 spiro atoms. The highest BCUT2D eigenvalue weighted by Crippen LogP contribution is 2.31. The van der Waals surface area contributed by atoms with Crippen LogP contribution in [-0.4, -0.2) is 28.0 Å². The van der Waals surface area contributed by atoms with Crippen LogP contribution in [-0.2, 0) is 14.8 Å². The Balaban J connectivity index is 2.02. The lowest BCUT2D eigenvalue weighted by molar-refractivity contribution is -0.120. The van der Waals surface area contributed by atoms with Gasteiger partial charge in [-0.15, -0.1) is 0 Å². The van der Waals surface area contributed by atoms with Gasteiger partial charge in [0.05, 0.1) is 18.8 Å². The number of methoxy groups -OCH3 is 1. The fourth-order valence-electron chi connectivity index (χ4n) is 3.76. The first-order valence-corrected chi connectivity index (χ1v) is 12.2. The Morgan fingerprint density at radius 1 is 0.939 bits per heavy atom. The molecule has 0 heterocycles. The van der Waals surface area contributed by atoms with Gasteiger partial charge in [0.1, 0.15) is 17.2 Å². The minimum Gasteiger partial charge on any atom is -0.495 e. The zero-order valence-corrected chi connectivity index (χ0v) is 20.4. The van der Waals surface area contributed by atoms with Crippen LogP contribution >= 0.6 is 0 Å². The van der Waals surface area contributed by atoms with Crippen LogP contribution < -0.4 is 14.4 Å². The molecular formula is C26H30N2O4S. The van der Waals surface area contributed by atoms with Gasteiger partial charge in [-0.1, -0.05) is 42.5 Å². The molecule has 0 aliphatic carbocycles. The van der Waals surface area contributed by atoms with Crippen LogP contribution in [0.15, 0.2) is 71.6 Å². The number of sulfonamides is 1. The van der Waals surface area contributed by atoms with Crippen molar-refractivity contribution >= 4 is 21.6 Å². The van der Waals surface area contributed by atoms with E-state index in [-0.39, 0.29) is 23.2 Å². The van der Waals surface area contributed by atoms with Crippen LogP contribution in [0.2, 0.25) is 0 Å². The van der Waals surface area contributed by atoms with E-state index < -0.39 is 15.9 Å². The molecule has 174 valence electrons. The third kappa shape index (κ3) is 5.73. The van der Waals surface area contributed by atoms with Crippen molar-refractivity contribution in [1.82, 2.24) is 5.32 Å². The third-order valence-electron chi connectivity index (χ3n) is 5.35. The molecule has 0 saturated carbocycles. The van der Waals surface area contributed by atoms with E-state index in [1.807, 2.05) is 64.1 Å². The first-order valence-electron chi connectivity index (χ1n) is 10.7. The molecule has 1 atom stereocenters. The minimum absolute atomic E-state index is 0.0214. The van der Waals surface area contributed by atoms with E-state index >= 15 is 0 Å². The molecule has 0 unspecified atom stereocenters. The van der Waals surface area contributed by atoms with E-state index in [9.17, 15) is 13.2 Å². The summed E-state index contributed by atoms with van der Waals surface area (Å²) in [5.74, 6) is -0.172. The first-order chi connectivity index (χ1) is 15.6. The van der Waals surface area contributed by atoms with E-state index in [1.54, 1.807) is 30.3 Å². The van der Waals surface area contributed by atoms with E-state index in [2.05, 4.69) is 5.32 Å². The van der Waals surface area contributed by atoms with Gasteiger partial charge in [-0.2, -0.15) is 0 Å². The molecule has 33 heavy (non-hydrogen) atoms. The topological polar surface area (TPSA) is 75.7 Å². The number of hydrogen-bond donors (Lipinski definition) is 1. The molecule has 3 rings (SSSR count). The molecule has 3 aromatic rings. The summed E-state index contributed by atoms with van der Waals surface area (Å²) < 4.78 is 34.2. The molecule has 6 nitrogen and oxygen atoms in total. The summed E-state index contributed by atoms with van der Waals surface area (Å²) in [6.07, 6.45) is 0. The van der Waals surface area contributed by atoms with Crippen LogP contribution in [0.5, 0.6) is 5.75 Å². The maximum atomic E-state index is 13.8. The summed E-state index contributed by atoms with van der Waals surface area (Å²) in [4.78, 5) is 13.1. The molecule has 3 aromatic carbocycles. The van der Waals surface area contributed by atoms with Crippen molar-refractivity contribution in [3.05, 3.63) is 89.0 Å². The molecule has 0 aromatic heterocycles. The standard InChI is InChI=1S/C26H30N2O4S/c1-18-11-12-24(32-5)25(16-18)33(30,31)28(23-14-19(2)13-20(3)15-23)17-26(29)27-21(4)22-9-7-6-8-10-22/h6-16,21H,17H2,1-5H3,(H,27,29)/t21-/m0/s1. The van der Waals surface area contributed by atoms with Crippen LogP contribution in [0, 0.1) is 20.8 Å². The Hall–Kier alpha value is -3.32. The Morgan fingerprint density at radius 2 is 1.58 bits per heavy atom. The Morgan fingerprint density at radius 3 is 2.18 bits per heavy atom. The molecule has 0 aliphatic heterocycles. The van der Waals surface area contributed by atoms with Gasteiger partial charge in [-0.05, 0) is 74.2 Å². The van der Waals surface area contributed by atoms with Crippen molar-refractivity contribution in [2.45, 2.75) is 38.6 Å².